The molecule has 1 aliphatic heterocycles. The van der Waals surface area contributed by atoms with Gasteiger partial charge in [-0.15, -0.1) is 12.3 Å². The highest BCUT2D eigenvalue weighted by Crippen LogP contribution is 2.15. The van der Waals surface area contributed by atoms with E-state index in [4.69, 9.17) is 6.42 Å². The van der Waals surface area contributed by atoms with Crippen molar-refractivity contribution in [3.05, 3.63) is 34.9 Å². The van der Waals surface area contributed by atoms with Crippen molar-refractivity contribution in [1.29, 1.82) is 0 Å². The first-order valence-corrected chi connectivity index (χ1v) is 6.85. The van der Waals surface area contributed by atoms with Crippen LogP contribution in [0.15, 0.2) is 18.2 Å². The number of nitrogens with one attached hydrogen (secondary N) is 2. The van der Waals surface area contributed by atoms with Crippen LogP contribution in [-0.2, 0) is 13.0 Å². The zero-order valence-electron chi connectivity index (χ0n) is 11.2. The number of hydrogen-bond acceptors (Lipinski definition) is 2. The van der Waals surface area contributed by atoms with Crippen LogP contribution in [0.5, 0.6) is 0 Å². The summed E-state index contributed by atoms with van der Waals surface area (Å²) >= 11 is 0. The van der Waals surface area contributed by atoms with Crippen LogP contribution in [-0.4, -0.2) is 19.0 Å². The molecule has 1 aromatic rings. The van der Waals surface area contributed by atoms with Crippen molar-refractivity contribution in [2.24, 2.45) is 0 Å². The van der Waals surface area contributed by atoms with Gasteiger partial charge in [-0.3, -0.25) is 4.79 Å². The lowest BCUT2D eigenvalue weighted by Gasteiger charge is -2.17. The molecule has 0 aromatic heterocycles. The number of terminal acetylenes is 1. The van der Waals surface area contributed by atoms with E-state index in [9.17, 15) is 4.79 Å². The molecule has 0 radical (unpaired) electrons. The second-order valence-corrected chi connectivity index (χ2v) is 4.83. The Labute approximate surface area is 114 Å². The molecule has 0 bridgehead atoms. The first-order chi connectivity index (χ1) is 9.31. The number of carbonyl (C=O) groups is 1. The lowest BCUT2D eigenvalue weighted by molar-refractivity contribution is 0.0953. The number of amides is 1. The fraction of sp³-hybridized carbons (Fsp3) is 0.438. The van der Waals surface area contributed by atoms with E-state index in [0.717, 1.165) is 44.3 Å². The van der Waals surface area contributed by atoms with Gasteiger partial charge in [0, 0.05) is 25.1 Å². The normalized spacial score (nSPS) is 13.4. The van der Waals surface area contributed by atoms with Crippen molar-refractivity contribution in [3.8, 4) is 12.3 Å². The highest BCUT2D eigenvalue weighted by molar-refractivity contribution is 5.94. The monoisotopic (exact) mass is 256 g/mol. The minimum absolute atomic E-state index is 0.00841. The number of unbranched alkanes of at least 4 members (excludes halogenated alkanes) is 2. The van der Waals surface area contributed by atoms with Crippen molar-refractivity contribution < 1.29 is 4.79 Å². The molecule has 0 spiro atoms. The van der Waals surface area contributed by atoms with E-state index in [1.54, 1.807) is 0 Å². The zero-order chi connectivity index (χ0) is 13.5. The van der Waals surface area contributed by atoms with Crippen LogP contribution in [0.4, 0.5) is 0 Å². The summed E-state index contributed by atoms with van der Waals surface area (Å²) in [4.78, 5) is 12.0. The molecule has 3 nitrogen and oxygen atoms in total. The number of benzene rings is 1. The topological polar surface area (TPSA) is 41.1 Å². The third kappa shape index (κ3) is 3.84. The molecular weight excluding hydrogens is 236 g/mol. The molecule has 1 aromatic carbocycles. The third-order valence-electron chi connectivity index (χ3n) is 3.39. The summed E-state index contributed by atoms with van der Waals surface area (Å²) in [6.45, 7) is 2.57. The molecule has 0 atom stereocenters. The number of rotatable bonds is 5. The standard InChI is InChI=1S/C16H20N2O/c1-2-3-4-5-9-18-16(19)14-7-6-13-8-10-17-12-15(13)11-14/h1,6-7,11,17H,3-5,8-10,12H2,(H,18,19). The number of hydrogen-bond donors (Lipinski definition) is 2. The van der Waals surface area contributed by atoms with E-state index in [0.29, 0.717) is 6.54 Å². The maximum Gasteiger partial charge on any atom is 0.251 e. The summed E-state index contributed by atoms with van der Waals surface area (Å²) in [5.41, 5.74) is 3.34. The molecule has 0 unspecified atom stereocenters. The van der Waals surface area contributed by atoms with E-state index >= 15 is 0 Å². The zero-order valence-corrected chi connectivity index (χ0v) is 11.2. The van der Waals surface area contributed by atoms with Gasteiger partial charge in [0.2, 0.25) is 0 Å². The lowest BCUT2D eigenvalue weighted by atomic mass is 9.98. The Balaban J connectivity index is 1.87. The van der Waals surface area contributed by atoms with Gasteiger partial charge in [-0.2, -0.15) is 0 Å². The Morgan fingerprint density at radius 3 is 3.11 bits per heavy atom. The van der Waals surface area contributed by atoms with E-state index < -0.39 is 0 Å². The number of carbonyl (C=O) groups excluding carboxylic acids is 1. The summed E-state index contributed by atoms with van der Waals surface area (Å²) < 4.78 is 0. The predicted octanol–water partition coefficient (Wildman–Crippen LogP) is 1.87. The third-order valence-corrected chi connectivity index (χ3v) is 3.39. The van der Waals surface area contributed by atoms with Gasteiger partial charge in [0.25, 0.3) is 5.91 Å². The second kappa shape index (κ2) is 6.96. The molecule has 0 saturated carbocycles. The second-order valence-electron chi connectivity index (χ2n) is 4.83. The Morgan fingerprint density at radius 1 is 1.37 bits per heavy atom. The molecule has 1 heterocycles. The largest absolute Gasteiger partial charge is 0.352 e. The van der Waals surface area contributed by atoms with Gasteiger partial charge in [-0.1, -0.05) is 6.07 Å². The van der Waals surface area contributed by atoms with Crippen LogP contribution in [0.1, 0.15) is 40.7 Å². The van der Waals surface area contributed by atoms with Crippen LogP contribution < -0.4 is 10.6 Å². The van der Waals surface area contributed by atoms with E-state index in [-0.39, 0.29) is 5.91 Å². The van der Waals surface area contributed by atoms with Gasteiger partial charge in [-0.05, 0) is 49.1 Å². The maximum atomic E-state index is 12.0. The molecule has 0 aliphatic carbocycles. The highest BCUT2D eigenvalue weighted by atomic mass is 16.1. The van der Waals surface area contributed by atoms with Gasteiger partial charge in [0.15, 0.2) is 0 Å². The SMILES string of the molecule is C#CCCCCNC(=O)c1ccc2c(c1)CNCC2. The summed E-state index contributed by atoms with van der Waals surface area (Å²) in [5.74, 6) is 2.61. The summed E-state index contributed by atoms with van der Waals surface area (Å²) in [6.07, 6.45) is 8.90. The first kappa shape index (κ1) is 13.6. The van der Waals surface area contributed by atoms with Crippen molar-refractivity contribution in [1.82, 2.24) is 10.6 Å². The van der Waals surface area contributed by atoms with Crippen LogP contribution in [0.2, 0.25) is 0 Å². The smallest absolute Gasteiger partial charge is 0.251 e. The molecule has 2 N–H and O–H groups in total. The van der Waals surface area contributed by atoms with Crippen molar-refractivity contribution in [3.63, 3.8) is 0 Å². The van der Waals surface area contributed by atoms with E-state index in [2.05, 4.69) is 22.6 Å². The van der Waals surface area contributed by atoms with Crippen LogP contribution in [0.3, 0.4) is 0 Å². The molecular formula is C16H20N2O. The quantitative estimate of drug-likeness (QED) is 0.624. The average Bonchev–Trinajstić information content (AvgIpc) is 2.46. The van der Waals surface area contributed by atoms with Gasteiger partial charge < -0.3 is 10.6 Å². The lowest BCUT2D eigenvalue weighted by Crippen LogP contribution is -2.27. The van der Waals surface area contributed by atoms with E-state index in [1.165, 1.54) is 11.1 Å². The van der Waals surface area contributed by atoms with Gasteiger partial charge in [-0.25, -0.2) is 0 Å². The van der Waals surface area contributed by atoms with Crippen molar-refractivity contribution in [2.75, 3.05) is 13.1 Å². The molecule has 0 saturated heterocycles. The Hall–Kier alpha value is -1.79. The van der Waals surface area contributed by atoms with Crippen LogP contribution in [0.25, 0.3) is 0 Å². The summed E-state index contributed by atoms with van der Waals surface area (Å²) in [7, 11) is 0. The fourth-order valence-corrected chi connectivity index (χ4v) is 2.28. The van der Waals surface area contributed by atoms with Crippen molar-refractivity contribution in [2.45, 2.75) is 32.2 Å². The molecule has 100 valence electrons. The van der Waals surface area contributed by atoms with Crippen molar-refractivity contribution >= 4 is 5.91 Å². The average molecular weight is 256 g/mol. The Bertz CT molecular complexity index is 488. The molecule has 3 heteroatoms. The molecule has 1 aliphatic rings. The van der Waals surface area contributed by atoms with Crippen LogP contribution >= 0.6 is 0 Å². The van der Waals surface area contributed by atoms with Gasteiger partial charge in [0.1, 0.15) is 0 Å². The van der Waals surface area contributed by atoms with Crippen LogP contribution in [0, 0.1) is 12.3 Å². The predicted molar refractivity (Wildman–Crippen MR) is 76.9 cm³/mol. The summed E-state index contributed by atoms with van der Waals surface area (Å²) in [6, 6.07) is 5.99. The molecule has 0 fully saturated rings. The molecule has 19 heavy (non-hydrogen) atoms. The Morgan fingerprint density at radius 2 is 2.26 bits per heavy atom. The highest BCUT2D eigenvalue weighted by Gasteiger charge is 2.11. The molecule has 1 amide bonds. The maximum absolute atomic E-state index is 12.0. The first-order valence-electron chi connectivity index (χ1n) is 6.85. The van der Waals surface area contributed by atoms with Gasteiger partial charge in [0.05, 0.1) is 0 Å². The minimum Gasteiger partial charge on any atom is -0.352 e. The summed E-state index contributed by atoms with van der Waals surface area (Å²) in [5, 5.41) is 6.26. The fourth-order valence-electron chi connectivity index (χ4n) is 2.28. The number of fused-ring (bicyclic) bond motifs is 1. The van der Waals surface area contributed by atoms with Gasteiger partial charge >= 0.3 is 0 Å². The Kier molecular flexibility index (Phi) is 5.00. The molecule has 2 rings (SSSR count). The van der Waals surface area contributed by atoms with E-state index in [1.807, 2.05) is 12.1 Å². The minimum atomic E-state index is 0.00841.